The lowest BCUT2D eigenvalue weighted by Crippen LogP contribution is -2.21. The minimum absolute atomic E-state index is 0.134. The quantitative estimate of drug-likeness (QED) is 0.651. The first kappa shape index (κ1) is 18.5. The van der Waals surface area contributed by atoms with Gasteiger partial charge in [0, 0.05) is 5.02 Å². The molecule has 0 atom stereocenters. The highest BCUT2D eigenvalue weighted by molar-refractivity contribution is 7.89. The van der Waals surface area contributed by atoms with Crippen LogP contribution in [0.25, 0.3) is 0 Å². The van der Waals surface area contributed by atoms with Gasteiger partial charge in [-0.1, -0.05) is 56.6 Å². The van der Waals surface area contributed by atoms with E-state index in [1.807, 2.05) is 32.9 Å². The van der Waals surface area contributed by atoms with E-state index >= 15 is 0 Å². The second-order valence-electron chi connectivity index (χ2n) is 6.63. The summed E-state index contributed by atoms with van der Waals surface area (Å²) in [4.78, 5) is 2.51. The van der Waals surface area contributed by atoms with Crippen LogP contribution in [0.2, 0.25) is 5.02 Å². The maximum absolute atomic E-state index is 12.5. The summed E-state index contributed by atoms with van der Waals surface area (Å²) in [6.45, 7) is 7.89. The molecule has 0 saturated heterocycles. The van der Waals surface area contributed by atoms with E-state index in [0.717, 1.165) is 11.1 Å². The van der Waals surface area contributed by atoms with Crippen LogP contribution in [0.15, 0.2) is 52.5 Å². The van der Waals surface area contributed by atoms with Crippen LogP contribution in [-0.2, 0) is 15.4 Å². The Labute approximate surface area is 148 Å². The Morgan fingerprint density at radius 3 is 2.29 bits per heavy atom. The zero-order valence-corrected chi connectivity index (χ0v) is 15.7. The van der Waals surface area contributed by atoms with Crippen molar-refractivity contribution in [2.24, 2.45) is 5.10 Å². The topological polar surface area (TPSA) is 58.5 Å². The molecular weight excluding hydrogens is 344 g/mol. The van der Waals surface area contributed by atoms with Crippen LogP contribution in [0.5, 0.6) is 0 Å². The molecule has 2 aromatic carbocycles. The van der Waals surface area contributed by atoms with Crippen LogP contribution in [0.3, 0.4) is 0 Å². The summed E-state index contributed by atoms with van der Waals surface area (Å²) in [6.07, 6.45) is 1.44. The minimum atomic E-state index is -3.73. The molecule has 4 nitrogen and oxygen atoms in total. The van der Waals surface area contributed by atoms with Gasteiger partial charge in [-0.15, -0.1) is 0 Å². The van der Waals surface area contributed by atoms with Gasteiger partial charge < -0.3 is 0 Å². The average molecular weight is 365 g/mol. The van der Waals surface area contributed by atoms with Crippen LogP contribution in [-0.4, -0.2) is 14.6 Å². The van der Waals surface area contributed by atoms with Crippen molar-refractivity contribution in [3.63, 3.8) is 0 Å². The van der Waals surface area contributed by atoms with Crippen molar-refractivity contribution in [3.05, 3.63) is 64.2 Å². The fraction of sp³-hybridized carbons (Fsp3) is 0.278. The lowest BCUT2D eigenvalue weighted by molar-refractivity contribution is 0.577. The van der Waals surface area contributed by atoms with Crippen molar-refractivity contribution in [2.75, 3.05) is 0 Å². The lowest BCUT2D eigenvalue weighted by Gasteiger charge is -2.20. The molecule has 0 bridgehead atoms. The van der Waals surface area contributed by atoms with Gasteiger partial charge >= 0.3 is 0 Å². The van der Waals surface area contributed by atoms with E-state index in [1.54, 1.807) is 37.3 Å². The zero-order chi connectivity index (χ0) is 18.0. The molecule has 0 unspecified atom stereocenters. The van der Waals surface area contributed by atoms with Crippen molar-refractivity contribution in [1.82, 2.24) is 4.83 Å². The third-order valence-electron chi connectivity index (χ3n) is 3.60. The third-order valence-corrected chi connectivity index (χ3v) is 5.22. The van der Waals surface area contributed by atoms with Gasteiger partial charge in [0.05, 0.1) is 11.1 Å². The molecule has 2 aromatic rings. The normalized spacial score (nSPS) is 12.5. The molecule has 6 heteroatoms. The highest BCUT2D eigenvalue weighted by Gasteiger charge is 2.20. The Kier molecular flexibility index (Phi) is 5.35. The summed E-state index contributed by atoms with van der Waals surface area (Å²) < 4.78 is 25.1. The molecule has 1 N–H and O–H groups in total. The number of halogens is 1. The van der Waals surface area contributed by atoms with Crippen LogP contribution < -0.4 is 4.83 Å². The minimum Gasteiger partial charge on any atom is -0.200 e. The molecule has 0 aliphatic heterocycles. The highest BCUT2D eigenvalue weighted by atomic mass is 35.5. The van der Waals surface area contributed by atoms with E-state index in [-0.39, 0.29) is 10.3 Å². The molecule has 0 aromatic heterocycles. The molecule has 0 aliphatic rings. The molecule has 0 fully saturated rings. The van der Waals surface area contributed by atoms with Crippen molar-refractivity contribution in [3.8, 4) is 0 Å². The number of sulfonamides is 1. The first-order valence-corrected chi connectivity index (χ1v) is 9.37. The van der Waals surface area contributed by atoms with Gasteiger partial charge in [0.15, 0.2) is 0 Å². The molecule has 0 saturated carbocycles. The standard InChI is InChI=1S/C18H21ClN2O2S/c1-13-5-8-15(18(2,3)4)11-17(13)24(22,23)21-20-12-14-6-9-16(19)10-7-14/h5-12,21H,1-4H3/b20-12+. The van der Waals surface area contributed by atoms with Gasteiger partial charge in [-0.2, -0.15) is 13.5 Å². The summed E-state index contributed by atoms with van der Waals surface area (Å²) >= 11 is 5.81. The van der Waals surface area contributed by atoms with Crippen LogP contribution in [0.1, 0.15) is 37.5 Å². The van der Waals surface area contributed by atoms with Gasteiger partial charge in [-0.3, -0.25) is 0 Å². The Balaban J connectivity index is 2.25. The summed E-state index contributed by atoms with van der Waals surface area (Å²) in [5, 5.41) is 4.46. The molecule has 0 amide bonds. The lowest BCUT2D eigenvalue weighted by atomic mass is 9.87. The van der Waals surface area contributed by atoms with Crippen molar-refractivity contribution < 1.29 is 8.42 Å². The monoisotopic (exact) mass is 364 g/mol. The first-order chi connectivity index (χ1) is 11.1. The van der Waals surface area contributed by atoms with E-state index < -0.39 is 10.0 Å². The van der Waals surface area contributed by atoms with E-state index in [9.17, 15) is 8.42 Å². The molecule has 0 heterocycles. The summed E-state index contributed by atoms with van der Waals surface area (Å²) in [6, 6.07) is 12.4. The summed E-state index contributed by atoms with van der Waals surface area (Å²) in [5.74, 6) is 0. The predicted octanol–water partition coefficient (Wildman–Crippen LogP) is 4.26. The number of benzene rings is 2. The molecular formula is C18H21ClN2O2S. The fourth-order valence-electron chi connectivity index (χ4n) is 2.12. The number of hydrogen-bond donors (Lipinski definition) is 1. The van der Waals surface area contributed by atoms with Gasteiger partial charge in [0.2, 0.25) is 0 Å². The molecule has 24 heavy (non-hydrogen) atoms. The van der Waals surface area contributed by atoms with Crippen LogP contribution in [0, 0.1) is 6.92 Å². The van der Waals surface area contributed by atoms with Crippen LogP contribution >= 0.6 is 11.6 Å². The molecule has 0 spiro atoms. The van der Waals surface area contributed by atoms with Gasteiger partial charge in [-0.25, -0.2) is 4.83 Å². The van der Waals surface area contributed by atoms with Crippen molar-refractivity contribution >= 4 is 27.8 Å². The Bertz CT molecular complexity index is 852. The number of nitrogens with zero attached hydrogens (tertiary/aromatic N) is 1. The van der Waals surface area contributed by atoms with E-state index in [4.69, 9.17) is 11.6 Å². The Hall–Kier alpha value is -1.85. The molecule has 0 radical (unpaired) electrons. The van der Waals surface area contributed by atoms with Gasteiger partial charge in [0.25, 0.3) is 10.0 Å². The first-order valence-electron chi connectivity index (χ1n) is 7.51. The number of hydrogen-bond acceptors (Lipinski definition) is 3. The van der Waals surface area contributed by atoms with Gasteiger partial charge in [0.1, 0.15) is 0 Å². The number of rotatable bonds is 4. The van der Waals surface area contributed by atoms with Crippen LogP contribution in [0.4, 0.5) is 0 Å². The van der Waals surface area contributed by atoms with E-state index in [0.29, 0.717) is 10.6 Å². The van der Waals surface area contributed by atoms with Crippen molar-refractivity contribution in [2.45, 2.75) is 38.0 Å². The second-order valence-corrected chi connectivity index (χ2v) is 8.70. The predicted molar refractivity (Wildman–Crippen MR) is 99.2 cm³/mol. The van der Waals surface area contributed by atoms with E-state index in [2.05, 4.69) is 9.93 Å². The second kappa shape index (κ2) is 6.95. The van der Waals surface area contributed by atoms with E-state index in [1.165, 1.54) is 6.21 Å². The average Bonchev–Trinajstić information content (AvgIpc) is 2.48. The molecule has 0 aliphatic carbocycles. The molecule has 2 rings (SSSR count). The maximum atomic E-state index is 12.5. The summed E-state index contributed by atoms with van der Waals surface area (Å²) in [7, 11) is -3.73. The largest absolute Gasteiger partial charge is 0.276 e. The maximum Gasteiger partial charge on any atom is 0.276 e. The highest BCUT2D eigenvalue weighted by Crippen LogP contribution is 2.26. The smallest absolute Gasteiger partial charge is 0.200 e. The Morgan fingerprint density at radius 1 is 1.08 bits per heavy atom. The zero-order valence-electron chi connectivity index (χ0n) is 14.2. The number of hydrazone groups is 1. The third kappa shape index (κ3) is 4.58. The number of nitrogens with one attached hydrogen (secondary N) is 1. The fourth-order valence-corrected chi connectivity index (χ4v) is 3.31. The molecule has 128 valence electrons. The van der Waals surface area contributed by atoms with Crippen molar-refractivity contribution in [1.29, 1.82) is 0 Å². The van der Waals surface area contributed by atoms with Gasteiger partial charge in [-0.05, 0) is 47.2 Å². The Morgan fingerprint density at radius 2 is 1.71 bits per heavy atom. The summed E-state index contributed by atoms with van der Waals surface area (Å²) in [5.41, 5.74) is 2.25. The SMILES string of the molecule is Cc1ccc(C(C)(C)C)cc1S(=O)(=O)N/N=C/c1ccc(Cl)cc1. The number of aryl methyl sites for hydroxylation is 1.